The van der Waals surface area contributed by atoms with E-state index in [1.54, 1.807) is 0 Å². The second-order valence-electron chi connectivity index (χ2n) is 6.47. The summed E-state index contributed by atoms with van der Waals surface area (Å²) in [6, 6.07) is 8.46. The van der Waals surface area contributed by atoms with Gasteiger partial charge in [0.15, 0.2) is 0 Å². The lowest BCUT2D eigenvalue weighted by atomic mass is 10.1. The SMILES string of the molecule is Cc1ncc(-c2ccc3[nH]nc(-c4cc5c([nH]4)C=C=CC=C5)c3c2)n1C. The minimum Gasteiger partial charge on any atom is -0.353 e. The molecular formula is C21H17N5. The Morgan fingerprint density at radius 1 is 1.19 bits per heavy atom. The van der Waals surface area contributed by atoms with Gasteiger partial charge in [0.25, 0.3) is 0 Å². The fraction of sp³-hybridized carbons (Fsp3) is 0.0952. The zero-order valence-corrected chi connectivity index (χ0v) is 14.5. The molecule has 3 aromatic heterocycles. The van der Waals surface area contributed by atoms with Gasteiger partial charge < -0.3 is 9.55 Å². The number of nitrogens with zero attached hydrogens (tertiary/aromatic N) is 3. The lowest BCUT2D eigenvalue weighted by molar-refractivity contribution is 0.865. The molecule has 0 saturated heterocycles. The van der Waals surface area contributed by atoms with Crippen LogP contribution in [0, 0.1) is 6.92 Å². The van der Waals surface area contributed by atoms with E-state index in [1.165, 1.54) is 0 Å². The molecule has 26 heavy (non-hydrogen) atoms. The van der Waals surface area contributed by atoms with Crippen LogP contribution >= 0.6 is 0 Å². The van der Waals surface area contributed by atoms with E-state index in [9.17, 15) is 0 Å². The van der Waals surface area contributed by atoms with Crippen LogP contribution in [0.1, 0.15) is 17.1 Å². The molecule has 126 valence electrons. The van der Waals surface area contributed by atoms with Gasteiger partial charge in [-0.3, -0.25) is 5.10 Å². The summed E-state index contributed by atoms with van der Waals surface area (Å²) in [6.07, 6.45) is 9.84. The number of hydrogen-bond acceptors (Lipinski definition) is 2. The van der Waals surface area contributed by atoms with Gasteiger partial charge in [0.2, 0.25) is 0 Å². The largest absolute Gasteiger partial charge is 0.353 e. The van der Waals surface area contributed by atoms with Crippen LogP contribution < -0.4 is 0 Å². The summed E-state index contributed by atoms with van der Waals surface area (Å²) in [7, 11) is 2.03. The number of aromatic amines is 2. The van der Waals surface area contributed by atoms with Gasteiger partial charge in [-0.1, -0.05) is 18.2 Å². The van der Waals surface area contributed by atoms with Gasteiger partial charge in [0.05, 0.1) is 28.8 Å². The number of allylic oxidation sites excluding steroid dienone is 2. The van der Waals surface area contributed by atoms with Crippen molar-refractivity contribution in [3.63, 3.8) is 0 Å². The van der Waals surface area contributed by atoms with Crippen LogP contribution in [0.2, 0.25) is 0 Å². The smallest absolute Gasteiger partial charge is 0.116 e. The number of imidazole rings is 1. The summed E-state index contributed by atoms with van der Waals surface area (Å²) in [4.78, 5) is 7.86. The van der Waals surface area contributed by atoms with E-state index in [-0.39, 0.29) is 0 Å². The lowest BCUT2D eigenvalue weighted by Crippen LogP contribution is -1.94. The first-order valence-corrected chi connectivity index (χ1v) is 8.50. The molecule has 1 aromatic carbocycles. The van der Waals surface area contributed by atoms with Crippen LogP contribution in [0.5, 0.6) is 0 Å². The average molecular weight is 339 g/mol. The Balaban J connectivity index is 1.68. The van der Waals surface area contributed by atoms with Gasteiger partial charge in [0.1, 0.15) is 11.5 Å². The highest BCUT2D eigenvalue weighted by Crippen LogP contribution is 2.32. The summed E-state index contributed by atoms with van der Waals surface area (Å²) in [6.45, 7) is 2.01. The number of aromatic nitrogens is 5. The zero-order chi connectivity index (χ0) is 17.7. The molecule has 2 N–H and O–H groups in total. The number of nitrogens with one attached hydrogen (secondary N) is 2. The van der Waals surface area contributed by atoms with Gasteiger partial charge in [-0.2, -0.15) is 5.10 Å². The molecule has 3 heterocycles. The first-order valence-electron chi connectivity index (χ1n) is 8.50. The van der Waals surface area contributed by atoms with Gasteiger partial charge >= 0.3 is 0 Å². The van der Waals surface area contributed by atoms with E-state index < -0.39 is 0 Å². The highest BCUT2D eigenvalue weighted by atomic mass is 15.1. The number of aryl methyl sites for hydroxylation is 1. The molecule has 0 atom stereocenters. The molecule has 4 aromatic rings. The highest BCUT2D eigenvalue weighted by molar-refractivity contribution is 5.95. The van der Waals surface area contributed by atoms with Crippen molar-refractivity contribution in [1.29, 1.82) is 0 Å². The molecule has 0 spiro atoms. The Labute approximate surface area is 150 Å². The fourth-order valence-electron chi connectivity index (χ4n) is 3.36. The molecule has 0 radical (unpaired) electrons. The number of benzene rings is 1. The Bertz CT molecular complexity index is 1240. The molecule has 0 saturated carbocycles. The molecule has 1 aliphatic rings. The predicted molar refractivity (Wildman–Crippen MR) is 104 cm³/mol. The van der Waals surface area contributed by atoms with E-state index in [0.717, 1.165) is 50.6 Å². The van der Waals surface area contributed by atoms with E-state index in [4.69, 9.17) is 0 Å². The number of H-pyrrole nitrogens is 2. The van der Waals surface area contributed by atoms with Crippen molar-refractivity contribution >= 4 is 23.1 Å². The van der Waals surface area contributed by atoms with E-state index in [0.29, 0.717) is 0 Å². The Morgan fingerprint density at radius 3 is 2.96 bits per heavy atom. The van der Waals surface area contributed by atoms with E-state index in [1.807, 2.05) is 38.4 Å². The van der Waals surface area contributed by atoms with Crippen molar-refractivity contribution in [2.45, 2.75) is 6.92 Å². The Kier molecular flexibility index (Phi) is 3.11. The minimum atomic E-state index is 0.916. The first-order chi connectivity index (χ1) is 12.7. The summed E-state index contributed by atoms with van der Waals surface area (Å²) >= 11 is 0. The molecule has 0 bridgehead atoms. The molecule has 5 nitrogen and oxygen atoms in total. The van der Waals surface area contributed by atoms with Crippen LogP contribution in [0.25, 0.3) is 45.7 Å². The molecule has 0 unspecified atom stereocenters. The fourth-order valence-corrected chi connectivity index (χ4v) is 3.36. The average Bonchev–Trinajstić information content (AvgIpc) is 3.29. The maximum Gasteiger partial charge on any atom is 0.116 e. The molecule has 0 fully saturated rings. The van der Waals surface area contributed by atoms with Gasteiger partial charge in [-0.05, 0) is 31.2 Å². The summed E-state index contributed by atoms with van der Waals surface area (Å²) in [5.74, 6) is 0.993. The van der Waals surface area contributed by atoms with E-state index >= 15 is 0 Å². The van der Waals surface area contributed by atoms with Crippen LogP contribution in [0.4, 0.5) is 0 Å². The van der Waals surface area contributed by atoms with Crippen LogP contribution in [0.15, 0.2) is 48.3 Å². The van der Waals surface area contributed by atoms with Crippen molar-refractivity contribution in [2.75, 3.05) is 0 Å². The summed E-state index contributed by atoms with van der Waals surface area (Å²) < 4.78 is 2.10. The monoisotopic (exact) mass is 339 g/mol. The van der Waals surface area contributed by atoms with Gasteiger partial charge in [-0.25, -0.2) is 4.98 Å². The minimum absolute atomic E-state index is 0.916. The molecule has 5 heteroatoms. The van der Waals surface area contributed by atoms with Crippen molar-refractivity contribution in [3.8, 4) is 22.6 Å². The maximum atomic E-state index is 4.55. The summed E-state index contributed by atoms with van der Waals surface area (Å²) in [5, 5.41) is 8.77. The third-order valence-electron chi connectivity index (χ3n) is 4.91. The standard InChI is InChI=1S/C21H17N5/c1-13-22-12-20(26(13)2)15-8-9-18-16(10-15)21(25-24-18)19-11-14-6-4-3-5-7-17(14)23-19/h3-4,6-12,23H,1-2H3,(H,24,25). The van der Waals surface area contributed by atoms with E-state index in [2.05, 4.69) is 60.8 Å². The van der Waals surface area contributed by atoms with Crippen LogP contribution in [-0.4, -0.2) is 24.7 Å². The third kappa shape index (κ3) is 2.19. The Morgan fingerprint density at radius 2 is 2.12 bits per heavy atom. The zero-order valence-electron chi connectivity index (χ0n) is 14.5. The normalized spacial score (nSPS) is 12.7. The second-order valence-corrected chi connectivity index (χ2v) is 6.47. The molecular weight excluding hydrogens is 322 g/mol. The predicted octanol–water partition coefficient (Wildman–Crippen LogP) is 4.46. The van der Waals surface area contributed by atoms with Crippen molar-refractivity contribution < 1.29 is 0 Å². The van der Waals surface area contributed by atoms with Crippen molar-refractivity contribution in [1.82, 2.24) is 24.7 Å². The topological polar surface area (TPSA) is 62.3 Å². The quantitative estimate of drug-likeness (QED) is 0.530. The van der Waals surface area contributed by atoms with Gasteiger partial charge in [-0.15, -0.1) is 5.73 Å². The molecule has 5 rings (SSSR count). The molecule has 0 aliphatic heterocycles. The van der Waals surface area contributed by atoms with Crippen LogP contribution in [-0.2, 0) is 7.05 Å². The lowest BCUT2D eigenvalue weighted by Gasteiger charge is -2.04. The first kappa shape index (κ1) is 14.8. The highest BCUT2D eigenvalue weighted by Gasteiger charge is 2.14. The second kappa shape index (κ2) is 5.48. The summed E-state index contributed by atoms with van der Waals surface area (Å²) in [5.41, 5.74) is 10.4. The van der Waals surface area contributed by atoms with Crippen LogP contribution in [0.3, 0.4) is 0 Å². The van der Waals surface area contributed by atoms with Crippen molar-refractivity contribution in [2.24, 2.45) is 7.05 Å². The third-order valence-corrected chi connectivity index (χ3v) is 4.91. The number of fused-ring (bicyclic) bond motifs is 2. The Hall–Kier alpha value is -3.56. The van der Waals surface area contributed by atoms with Crippen molar-refractivity contribution in [3.05, 3.63) is 65.4 Å². The number of hydrogen-bond donors (Lipinski definition) is 2. The molecule has 0 amide bonds. The maximum absolute atomic E-state index is 4.55. The molecule has 1 aliphatic carbocycles. The number of rotatable bonds is 2. The van der Waals surface area contributed by atoms with Gasteiger partial charge in [0, 0.05) is 29.6 Å².